The molecular formula is C20H18F2N6O6. The summed E-state index contributed by atoms with van der Waals surface area (Å²) in [4.78, 5) is 26.1. The molecule has 0 aliphatic carbocycles. The fourth-order valence-electron chi connectivity index (χ4n) is 3.48. The van der Waals surface area contributed by atoms with Crippen LogP contribution in [0.25, 0.3) is 11.4 Å². The smallest absolute Gasteiger partial charge is 0.447 e. The summed E-state index contributed by atoms with van der Waals surface area (Å²) in [6, 6.07) is 4.54. The molecule has 2 aliphatic rings. The van der Waals surface area contributed by atoms with Crippen LogP contribution >= 0.6 is 0 Å². The number of carbonyl (C=O) groups excluding carboxylic acids is 1. The molecule has 4 heterocycles. The molecule has 178 valence electrons. The first-order valence-electron chi connectivity index (χ1n) is 10.2. The first-order chi connectivity index (χ1) is 16.2. The van der Waals surface area contributed by atoms with Gasteiger partial charge in [-0.25, -0.2) is 9.78 Å². The summed E-state index contributed by atoms with van der Waals surface area (Å²) in [5.41, 5.74) is 0.386. The van der Waals surface area contributed by atoms with Crippen LogP contribution in [0, 0.1) is 0 Å². The highest BCUT2D eigenvalue weighted by Gasteiger charge is 2.43. The van der Waals surface area contributed by atoms with E-state index in [9.17, 15) is 18.7 Å². The number of carbonyl (C=O) groups is 1. The molecule has 14 heteroatoms. The van der Waals surface area contributed by atoms with Crippen LogP contribution in [0.1, 0.15) is 25.8 Å². The maximum Gasteiger partial charge on any atom is 0.586 e. The van der Waals surface area contributed by atoms with Crippen molar-refractivity contribution in [2.45, 2.75) is 38.3 Å². The number of aliphatic hydroxyl groups excluding tert-OH is 1. The number of benzene rings is 1. The van der Waals surface area contributed by atoms with Crippen LogP contribution in [0.2, 0.25) is 0 Å². The van der Waals surface area contributed by atoms with E-state index in [1.165, 1.54) is 35.4 Å². The summed E-state index contributed by atoms with van der Waals surface area (Å²) >= 11 is 0. The number of cyclic esters (lactones) is 1. The van der Waals surface area contributed by atoms with E-state index in [1.807, 2.05) is 0 Å². The van der Waals surface area contributed by atoms with Crippen molar-refractivity contribution in [1.82, 2.24) is 20.1 Å². The lowest BCUT2D eigenvalue weighted by molar-refractivity contribution is -0.286. The van der Waals surface area contributed by atoms with Crippen molar-refractivity contribution in [2.75, 3.05) is 16.8 Å². The third-order valence-corrected chi connectivity index (χ3v) is 5.17. The number of aromatic nitrogens is 4. The lowest BCUT2D eigenvalue weighted by Gasteiger charge is -2.22. The van der Waals surface area contributed by atoms with Crippen LogP contribution in [0.5, 0.6) is 11.5 Å². The van der Waals surface area contributed by atoms with E-state index in [0.717, 1.165) is 0 Å². The number of halogens is 2. The average molecular weight is 476 g/mol. The summed E-state index contributed by atoms with van der Waals surface area (Å²) in [7, 11) is 0. The molecule has 1 fully saturated rings. The Morgan fingerprint density at radius 2 is 2.00 bits per heavy atom. The Labute approximate surface area is 190 Å². The zero-order valence-corrected chi connectivity index (χ0v) is 17.8. The normalized spacial score (nSPS) is 20.2. The molecule has 2 N–H and O–H groups in total. The molecule has 2 aromatic heterocycles. The third kappa shape index (κ3) is 4.03. The Morgan fingerprint density at radius 3 is 2.79 bits per heavy atom. The quantitative estimate of drug-likeness (QED) is 0.542. The molecule has 12 nitrogen and oxygen atoms in total. The van der Waals surface area contributed by atoms with E-state index in [1.54, 1.807) is 13.8 Å². The lowest BCUT2D eigenvalue weighted by Crippen LogP contribution is -2.41. The fourth-order valence-corrected chi connectivity index (χ4v) is 3.48. The molecule has 1 amide bonds. The van der Waals surface area contributed by atoms with Gasteiger partial charge in [-0.3, -0.25) is 4.90 Å². The van der Waals surface area contributed by atoms with Crippen LogP contribution in [-0.4, -0.2) is 56.4 Å². The molecular weight excluding hydrogens is 458 g/mol. The summed E-state index contributed by atoms with van der Waals surface area (Å²) in [6.45, 7) is 3.32. The molecule has 0 saturated carbocycles. The van der Waals surface area contributed by atoms with Crippen molar-refractivity contribution in [3.8, 4) is 22.9 Å². The average Bonchev–Trinajstić information content (AvgIpc) is 3.48. The van der Waals surface area contributed by atoms with E-state index < -0.39 is 30.6 Å². The molecule has 34 heavy (non-hydrogen) atoms. The minimum atomic E-state index is -3.72. The highest BCUT2D eigenvalue weighted by Crippen LogP contribution is 2.42. The van der Waals surface area contributed by atoms with Crippen LogP contribution in [0.4, 0.5) is 25.3 Å². The van der Waals surface area contributed by atoms with Gasteiger partial charge in [-0.1, -0.05) is 5.16 Å². The Morgan fingerprint density at radius 1 is 1.21 bits per heavy atom. The number of rotatable bonds is 6. The Kier molecular flexibility index (Phi) is 5.16. The number of alkyl halides is 2. The number of nitrogens with zero attached hydrogens (tertiary/aromatic N) is 5. The highest BCUT2D eigenvalue weighted by molar-refractivity contribution is 5.89. The summed E-state index contributed by atoms with van der Waals surface area (Å²) in [5.74, 6) is 0.514. The maximum atomic E-state index is 13.2. The van der Waals surface area contributed by atoms with Crippen LogP contribution in [-0.2, 0) is 4.74 Å². The number of amides is 1. The van der Waals surface area contributed by atoms with Gasteiger partial charge in [-0.15, -0.1) is 8.78 Å². The van der Waals surface area contributed by atoms with Crippen LogP contribution in [0.3, 0.4) is 0 Å². The van der Waals surface area contributed by atoms with Crippen LogP contribution in [0.15, 0.2) is 35.0 Å². The molecule has 0 spiro atoms. The van der Waals surface area contributed by atoms with Crippen molar-refractivity contribution < 1.29 is 37.4 Å². The van der Waals surface area contributed by atoms with Gasteiger partial charge in [0.1, 0.15) is 24.5 Å². The van der Waals surface area contributed by atoms with Gasteiger partial charge in [0.25, 0.3) is 0 Å². The lowest BCUT2D eigenvalue weighted by atomic mass is 10.2. The van der Waals surface area contributed by atoms with E-state index in [-0.39, 0.29) is 41.6 Å². The van der Waals surface area contributed by atoms with Crippen molar-refractivity contribution in [2.24, 2.45) is 0 Å². The molecule has 5 rings (SSSR count). The number of nitrogens with one attached hydrogen (secondary N) is 1. The summed E-state index contributed by atoms with van der Waals surface area (Å²) in [5, 5.41) is 16.8. The van der Waals surface area contributed by atoms with Gasteiger partial charge < -0.3 is 29.2 Å². The fraction of sp³-hybridized carbons (Fsp3) is 0.350. The van der Waals surface area contributed by atoms with Gasteiger partial charge in [0.2, 0.25) is 17.7 Å². The number of aliphatic hydroxyl groups is 1. The molecule has 3 aromatic rings. The van der Waals surface area contributed by atoms with E-state index in [4.69, 9.17) is 9.26 Å². The van der Waals surface area contributed by atoms with E-state index in [2.05, 4.69) is 34.9 Å². The molecule has 0 unspecified atom stereocenters. The third-order valence-electron chi connectivity index (χ3n) is 5.17. The predicted octanol–water partition coefficient (Wildman–Crippen LogP) is 2.73. The number of fused-ring (bicyclic) bond motifs is 1. The largest absolute Gasteiger partial charge is 0.586 e. The standard InChI is InChI=1S/C20H18F2N6O6/c1-9(24-18-23-6-5-15(25-18)28-12(10(2)29)8-31-19(28)30)17-26-16(27-34-17)11-3-4-13-14(7-11)33-20(21,22)32-13/h3-7,9-10,12,29H,8H2,1-2H3,(H,23,24,25)/t9-,10+,12+/m0/s1. The Bertz CT molecular complexity index is 1240. The SMILES string of the molecule is C[C@H](Nc1nccc(N2C(=O)OC[C@@H]2[C@@H](C)O)n1)c1nc(-c2ccc3c(c2)OC(F)(F)O3)no1. The summed E-state index contributed by atoms with van der Waals surface area (Å²) < 4.78 is 45.6. The van der Waals surface area contributed by atoms with Crippen molar-refractivity contribution >= 4 is 17.9 Å². The van der Waals surface area contributed by atoms with Crippen LogP contribution < -0.4 is 19.7 Å². The predicted molar refractivity (Wildman–Crippen MR) is 109 cm³/mol. The van der Waals surface area contributed by atoms with Crippen molar-refractivity contribution in [3.05, 3.63) is 36.4 Å². The Balaban J connectivity index is 1.32. The second-order valence-electron chi connectivity index (χ2n) is 7.64. The number of hydrogen-bond acceptors (Lipinski definition) is 11. The first-order valence-corrected chi connectivity index (χ1v) is 10.2. The van der Waals surface area contributed by atoms with Gasteiger partial charge in [0.15, 0.2) is 11.5 Å². The topological polar surface area (TPSA) is 145 Å². The second kappa shape index (κ2) is 8.06. The zero-order valence-electron chi connectivity index (χ0n) is 17.8. The monoisotopic (exact) mass is 476 g/mol. The van der Waals surface area contributed by atoms with Gasteiger partial charge >= 0.3 is 12.4 Å². The number of ether oxygens (including phenoxy) is 3. The maximum absolute atomic E-state index is 13.2. The van der Waals surface area contributed by atoms with Gasteiger partial charge in [0.05, 0.1) is 6.10 Å². The second-order valence-corrected chi connectivity index (χ2v) is 7.64. The molecule has 3 atom stereocenters. The number of hydrogen-bond donors (Lipinski definition) is 2. The first kappa shape index (κ1) is 21.8. The minimum Gasteiger partial charge on any atom is -0.447 e. The van der Waals surface area contributed by atoms with Gasteiger partial charge in [-0.05, 0) is 38.1 Å². The minimum absolute atomic E-state index is 0.0436. The Hall–Kier alpha value is -4.07. The van der Waals surface area contributed by atoms with Crippen molar-refractivity contribution in [3.63, 3.8) is 0 Å². The van der Waals surface area contributed by atoms with Gasteiger partial charge in [0, 0.05) is 11.8 Å². The molecule has 2 aliphatic heterocycles. The van der Waals surface area contributed by atoms with E-state index in [0.29, 0.717) is 5.56 Å². The molecule has 0 bridgehead atoms. The van der Waals surface area contributed by atoms with Crippen molar-refractivity contribution in [1.29, 1.82) is 0 Å². The highest BCUT2D eigenvalue weighted by atomic mass is 19.3. The summed E-state index contributed by atoms with van der Waals surface area (Å²) in [6.07, 6.45) is -3.72. The van der Waals surface area contributed by atoms with Gasteiger partial charge in [-0.2, -0.15) is 9.97 Å². The molecule has 0 radical (unpaired) electrons. The zero-order chi connectivity index (χ0) is 24.0. The van der Waals surface area contributed by atoms with E-state index >= 15 is 0 Å². The number of anilines is 2. The molecule has 1 saturated heterocycles. The molecule has 1 aromatic carbocycles.